The molecule has 2 aromatic carbocycles. The van der Waals surface area contributed by atoms with Crippen molar-refractivity contribution in [3.05, 3.63) is 70.8 Å². The van der Waals surface area contributed by atoms with Crippen LogP contribution in [0.25, 0.3) is 6.08 Å². The molecule has 0 saturated carbocycles. The summed E-state index contributed by atoms with van der Waals surface area (Å²) in [7, 11) is 0. The van der Waals surface area contributed by atoms with Crippen LogP contribution in [0.4, 0.5) is 0 Å². The van der Waals surface area contributed by atoms with Gasteiger partial charge >= 0.3 is 17.9 Å². The lowest BCUT2D eigenvalue weighted by atomic mass is 10.1. The number of carboxylic acids is 3. The molecule has 128 valence electrons. The molecule has 25 heavy (non-hydrogen) atoms. The van der Waals surface area contributed by atoms with Gasteiger partial charge in [0.15, 0.2) is 0 Å². The summed E-state index contributed by atoms with van der Waals surface area (Å²) in [6.45, 7) is 0.159. The van der Waals surface area contributed by atoms with Crippen molar-refractivity contribution >= 4 is 24.0 Å². The van der Waals surface area contributed by atoms with Crippen LogP contribution in [-0.2, 0) is 16.2 Å². The Labute approximate surface area is 142 Å². The van der Waals surface area contributed by atoms with Crippen LogP contribution in [0, 0.1) is 0 Å². The Balaban J connectivity index is 2.07. The molecule has 0 aliphatic heterocycles. The highest BCUT2D eigenvalue weighted by molar-refractivity contribution is 6.16. The summed E-state index contributed by atoms with van der Waals surface area (Å²) >= 11 is 0. The summed E-state index contributed by atoms with van der Waals surface area (Å²) in [5.74, 6) is -3.59. The molecule has 3 N–H and O–H groups in total. The molecule has 7 nitrogen and oxygen atoms in total. The van der Waals surface area contributed by atoms with E-state index in [1.165, 1.54) is 24.3 Å². The number of aliphatic carboxylic acids is 2. The van der Waals surface area contributed by atoms with Gasteiger partial charge in [-0.15, -0.1) is 0 Å². The van der Waals surface area contributed by atoms with E-state index in [1.54, 1.807) is 24.3 Å². The lowest BCUT2D eigenvalue weighted by Gasteiger charge is -2.07. The minimum atomic E-state index is -1.52. The third kappa shape index (κ3) is 4.93. The molecule has 0 fully saturated rings. The quantitative estimate of drug-likeness (QED) is 0.401. The van der Waals surface area contributed by atoms with Gasteiger partial charge in [-0.2, -0.15) is 0 Å². The number of carbonyl (C=O) groups is 3. The molecule has 0 radical (unpaired) electrons. The first-order valence-corrected chi connectivity index (χ1v) is 7.10. The number of carboxylic acid groups (broad SMARTS) is 3. The first kappa shape index (κ1) is 17.7. The monoisotopic (exact) mass is 342 g/mol. The van der Waals surface area contributed by atoms with Crippen molar-refractivity contribution in [3.8, 4) is 5.75 Å². The highest BCUT2D eigenvalue weighted by atomic mass is 16.5. The minimum absolute atomic E-state index is 0.159. The fraction of sp³-hybridized carbons (Fsp3) is 0.0556. The molecule has 2 rings (SSSR count). The van der Waals surface area contributed by atoms with E-state index in [2.05, 4.69) is 0 Å². The molecule has 0 atom stereocenters. The zero-order chi connectivity index (χ0) is 18.4. The van der Waals surface area contributed by atoms with E-state index in [-0.39, 0.29) is 12.2 Å². The van der Waals surface area contributed by atoms with Gasteiger partial charge in [-0.25, -0.2) is 14.4 Å². The summed E-state index contributed by atoms with van der Waals surface area (Å²) in [6, 6.07) is 12.5. The van der Waals surface area contributed by atoms with Gasteiger partial charge in [0.1, 0.15) is 17.9 Å². The van der Waals surface area contributed by atoms with E-state index in [4.69, 9.17) is 20.1 Å². The lowest BCUT2D eigenvalue weighted by molar-refractivity contribution is -0.140. The van der Waals surface area contributed by atoms with E-state index >= 15 is 0 Å². The Morgan fingerprint density at radius 1 is 0.920 bits per heavy atom. The predicted octanol–water partition coefficient (Wildman–Crippen LogP) is 2.52. The van der Waals surface area contributed by atoms with E-state index in [0.29, 0.717) is 16.9 Å². The van der Waals surface area contributed by atoms with Gasteiger partial charge in [0.05, 0.1) is 5.56 Å². The SMILES string of the molecule is O=C(O)C(=Cc1ccc(OCc2cccc(C(=O)O)c2)cc1)C(=O)O. The molecular weight excluding hydrogens is 328 g/mol. The van der Waals surface area contributed by atoms with Crippen LogP contribution in [0.2, 0.25) is 0 Å². The molecular formula is C18H14O7. The molecule has 0 amide bonds. The first-order chi connectivity index (χ1) is 11.9. The number of rotatable bonds is 7. The zero-order valence-electron chi connectivity index (χ0n) is 12.9. The molecule has 7 heteroatoms. The first-order valence-electron chi connectivity index (χ1n) is 7.10. The number of hydrogen-bond donors (Lipinski definition) is 3. The van der Waals surface area contributed by atoms with Crippen LogP contribution in [-0.4, -0.2) is 33.2 Å². The standard InChI is InChI=1S/C18H14O7/c19-16(20)13-3-1-2-12(8-13)10-25-14-6-4-11(5-7-14)9-15(17(21)22)18(23)24/h1-9H,10H2,(H,19,20)(H,21,22)(H,23,24). The number of benzene rings is 2. The molecule has 0 heterocycles. The maximum absolute atomic E-state index is 10.9. The van der Waals surface area contributed by atoms with Crippen LogP contribution in [0.15, 0.2) is 54.1 Å². The molecule has 0 aromatic heterocycles. The van der Waals surface area contributed by atoms with Crippen molar-refractivity contribution in [1.82, 2.24) is 0 Å². The summed E-state index contributed by atoms with van der Waals surface area (Å²) in [5, 5.41) is 26.6. The van der Waals surface area contributed by atoms with Crippen LogP contribution >= 0.6 is 0 Å². The van der Waals surface area contributed by atoms with E-state index < -0.39 is 23.5 Å². The zero-order valence-corrected chi connectivity index (χ0v) is 12.9. The maximum Gasteiger partial charge on any atom is 0.343 e. The second-order valence-corrected chi connectivity index (χ2v) is 5.03. The fourth-order valence-electron chi connectivity index (χ4n) is 2.00. The summed E-state index contributed by atoms with van der Waals surface area (Å²) in [4.78, 5) is 32.6. The van der Waals surface area contributed by atoms with Gasteiger partial charge in [-0.1, -0.05) is 24.3 Å². The topological polar surface area (TPSA) is 121 Å². The Kier molecular flexibility index (Phi) is 5.52. The predicted molar refractivity (Wildman–Crippen MR) is 87.4 cm³/mol. The average Bonchev–Trinajstić information content (AvgIpc) is 2.58. The Hall–Kier alpha value is -3.61. The highest BCUT2D eigenvalue weighted by Gasteiger charge is 2.15. The van der Waals surface area contributed by atoms with Gasteiger partial charge in [-0.05, 0) is 41.5 Å². The van der Waals surface area contributed by atoms with Gasteiger partial charge in [0.25, 0.3) is 0 Å². The minimum Gasteiger partial charge on any atom is -0.489 e. The van der Waals surface area contributed by atoms with Gasteiger partial charge in [-0.3, -0.25) is 0 Å². The van der Waals surface area contributed by atoms with E-state index in [9.17, 15) is 14.4 Å². The van der Waals surface area contributed by atoms with Gasteiger partial charge < -0.3 is 20.1 Å². The Morgan fingerprint density at radius 2 is 1.56 bits per heavy atom. The summed E-state index contributed by atoms with van der Waals surface area (Å²) in [5.41, 5.74) is 0.513. The molecule has 0 spiro atoms. The van der Waals surface area contributed by atoms with Crippen molar-refractivity contribution in [2.75, 3.05) is 0 Å². The van der Waals surface area contributed by atoms with E-state index in [1.807, 2.05) is 0 Å². The molecule has 0 aliphatic carbocycles. The Morgan fingerprint density at radius 3 is 2.12 bits per heavy atom. The number of hydrogen-bond acceptors (Lipinski definition) is 4. The van der Waals surface area contributed by atoms with Crippen LogP contribution in [0.1, 0.15) is 21.5 Å². The van der Waals surface area contributed by atoms with Crippen molar-refractivity contribution in [1.29, 1.82) is 0 Å². The average molecular weight is 342 g/mol. The van der Waals surface area contributed by atoms with Gasteiger partial charge in [0, 0.05) is 0 Å². The molecule has 0 bridgehead atoms. The summed E-state index contributed by atoms with van der Waals surface area (Å²) in [6.07, 6.45) is 1.05. The maximum atomic E-state index is 10.9. The second-order valence-electron chi connectivity index (χ2n) is 5.03. The van der Waals surface area contributed by atoms with Crippen LogP contribution in [0.5, 0.6) is 5.75 Å². The lowest BCUT2D eigenvalue weighted by Crippen LogP contribution is -2.10. The fourth-order valence-corrected chi connectivity index (χ4v) is 2.00. The molecule has 0 aliphatic rings. The van der Waals surface area contributed by atoms with Crippen LogP contribution < -0.4 is 4.74 Å². The van der Waals surface area contributed by atoms with Crippen molar-refractivity contribution in [3.63, 3.8) is 0 Å². The van der Waals surface area contributed by atoms with Gasteiger partial charge in [0.2, 0.25) is 0 Å². The van der Waals surface area contributed by atoms with Crippen molar-refractivity contribution < 1.29 is 34.4 Å². The summed E-state index contributed by atoms with van der Waals surface area (Å²) < 4.78 is 5.54. The second kappa shape index (κ2) is 7.78. The van der Waals surface area contributed by atoms with E-state index in [0.717, 1.165) is 6.08 Å². The van der Waals surface area contributed by atoms with Crippen molar-refractivity contribution in [2.45, 2.75) is 6.61 Å². The highest BCUT2D eigenvalue weighted by Crippen LogP contribution is 2.17. The molecule has 0 saturated heterocycles. The Bertz CT molecular complexity index is 819. The van der Waals surface area contributed by atoms with Crippen LogP contribution in [0.3, 0.4) is 0 Å². The largest absolute Gasteiger partial charge is 0.489 e. The molecule has 0 unspecified atom stereocenters. The third-order valence-corrected chi connectivity index (χ3v) is 3.23. The smallest absolute Gasteiger partial charge is 0.343 e. The number of ether oxygens (including phenoxy) is 1. The number of aromatic carboxylic acids is 1. The van der Waals surface area contributed by atoms with Crippen molar-refractivity contribution in [2.24, 2.45) is 0 Å². The molecule has 2 aromatic rings. The third-order valence-electron chi connectivity index (χ3n) is 3.23. The normalized spacial score (nSPS) is 9.92.